The Kier molecular flexibility index (Phi) is 5.45. The SMILES string of the molecule is CC#CCn1c(N2CCCC(N)C2)nc2c(=O)n(C)n(C(C)c3ccc4[nH]nnc4c3)c(=O)c21. The number of anilines is 1. The summed E-state index contributed by atoms with van der Waals surface area (Å²) in [6, 6.07) is 5.22. The number of aromatic amines is 1. The Hall–Kier alpha value is -3.91. The lowest BCUT2D eigenvalue weighted by molar-refractivity contribution is 0.435. The van der Waals surface area contributed by atoms with Crippen LogP contribution in [0, 0.1) is 11.8 Å². The van der Waals surface area contributed by atoms with E-state index < -0.39 is 6.04 Å². The second-order valence-electron chi connectivity index (χ2n) is 8.71. The zero-order valence-corrected chi connectivity index (χ0v) is 19.4. The van der Waals surface area contributed by atoms with Gasteiger partial charge < -0.3 is 10.6 Å². The van der Waals surface area contributed by atoms with E-state index in [9.17, 15) is 9.59 Å². The highest BCUT2D eigenvalue weighted by Crippen LogP contribution is 2.24. The highest BCUT2D eigenvalue weighted by molar-refractivity contribution is 5.77. The Balaban J connectivity index is 1.72. The van der Waals surface area contributed by atoms with Crippen LogP contribution in [0.5, 0.6) is 0 Å². The van der Waals surface area contributed by atoms with Gasteiger partial charge in [0.05, 0.1) is 18.1 Å². The van der Waals surface area contributed by atoms with Gasteiger partial charge in [0, 0.05) is 26.2 Å². The number of hydrogen-bond donors (Lipinski definition) is 2. The number of benzene rings is 1. The van der Waals surface area contributed by atoms with Crippen LogP contribution in [0.2, 0.25) is 0 Å². The molecular formula is C23H27N9O2. The van der Waals surface area contributed by atoms with Crippen LogP contribution in [0.15, 0.2) is 27.8 Å². The van der Waals surface area contributed by atoms with Crippen molar-refractivity contribution in [1.82, 2.24) is 34.3 Å². The molecule has 0 bridgehead atoms. The van der Waals surface area contributed by atoms with Crippen LogP contribution < -0.4 is 21.8 Å². The third-order valence-corrected chi connectivity index (χ3v) is 6.53. The lowest BCUT2D eigenvalue weighted by Gasteiger charge is -2.31. The van der Waals surface area contributed by atoms with Gasteiger partial charge in [-0.3, -0.25) is 19.3 Å². The van der Waals surface area contributed by atoms with Crippen LogP contribution in [0.3, 0.4) is 0 Å². The number of fused-ring (bicyclic) bond motifs is 2. The van der Waals surface area contributed by atoms with Gasteiger partial charge in [-0.15, -0.1) is 11.0 Å². The van der Waals surface area contributed by atoms with Crippen molar-refractivity contribution >= 4 is 28.0 Å². The first-order valence-electron chi connectivity index (χ1n) is 11.3. The smallest absolute Gasteiger partial charge is 0.293 e. The fourth-order valence-corrected chi connectivity index (χ4v) is 4.74. The third kappa shape index (κ3) is 3.47. The molecule has 1 saturated heterocycles. The molecule has 1 aliphatic heterocycles. The fraction of sp³-hybridized carbons (Fsp3) is 0.435. The molecule has 2 atom stereocenters. The normalized spacial score (nSPS) is 17.2. The van der Waals surface area contributed by atoms with Gasteiger partial charge in [-0.1, -0.05) is 17.2 Å². The highest BCUT2D eigenvalue weighted by atomic mass is 16.2. The first kappa shape index (κ1) is 21.9. The molecule has 0 saturated carbocycles. The minimum absolute atomic E-state index is 0.0187. The summed E-state index contributed by atoms with van der Waals surface area (Å²) in [5, 5.41) is 10.7. The van der Waals surface area contributed by atoms with E-state index >= 15 is 0 Å². The molecule has 0 spiro atoms. The molecule has 1 fully saturated rings. The molecule has 1 aliphatic rings. The molecule has 4 aromatic rings. The van der Waals surface area contributed by atoms with E-state index in [1.807, 2.05) is 25.1 Å². The van der Waals surface area contributed by atoms with Gasteiger partial charge in [0.25, 0.3) is 11.1 Å². The number of nitrogens with two attached hydrogens (primary N) is 1. The summed E-state index contributed by atoms with van der Waals surface area (Å²) in [6.45, 7) is 5.26. The van der Waals surface area contributed by atoms with Crippen LogP contribution in [0.25, 0.3) is 22.1 Å². The number of rotatable bonds is 4. The molecule has 11 heteroatoms. The second kappa shape index (κ2) is 8.46. The summed E-state index contributed by atoms with van der Waals surface area (Å²) in [4.78, 5) is 34.0. The molecule has 34 heavy (non-hydrogen) atoms. The number of H-pyrrole nitrogens is 1. The maximum atomic E-state index is 13.9. The summed E-state index contributed by atoms with van der Waals surface area (Å²) < 4.78 is 4.57. The van der Waals surface area contributed by atoms with Crippen LogP contribution in [0.1, 0.15) is 38.3 Å². The predicted molar refractivity (Wildman–Crippen MR) is 130 cm³/mol. The number of hydrogen-bond acceptors (Lipinski definition) is 7. The quantitative estimate of drug-likeness (QED) is 0.428. The summed E-state index contributed by atoms with van der Waals surface area (Å²) in [7, 11) is 1.59. The molecule has 2 unspecified atom stereocenters. The minimum Gasteiger partial charge on any atom is -0.341 e. The monoisotopic (exact) mass is 461 g/mol. The second-order valence-corrected chi connectivity index (χ2v) is 8.71. The Bertz CT molecular complexity index is 1560. The standard InChI is InChI=1S/C23H27N9O2/c1-4-5-11-31-20-19(25-23(31)30-10-6-7-16(24)13-30)21(33)29(3)32(22(20)34)14(2)15-8-9-17-18(12-15)27-28-26-17/h8-9,12,14,16H,6-7,10-11,13,24H2,1-3H3,(H,26,27,28). The number of aromatic nitrogens is 7. The average Bonchev–Trinajstić information content (AvgIpc) is 3.45. The number of piperidine rings is 1. The van der Waals surface area contributed by atoms with Crippen molar-refractivity contribution in [3.05, 3.63) is 44.5 Å². The Morgan fingerprint density at radius 1 is 1.29 bits per heavy atom. The lowest BCUT2D eigenvalue weighted by atomic mass is 10.1. The molecule has 0 aliphatic carbocycles. The molecule has 4 heterocycles. The van der Waals surface area contributed by atoms with Crippen molar-refractivity contribution in [1.29, 1.82) is 0 Å². The van der Waals surface area contributed by atoms with E-state index in [4.69, 9.17) is 5.73 Å². The molecule has 3 aromatic heterocycles. The zero-order chi connectivity index (χ0) is 24.0. The molecule has 0 radical (unpaired) electrons. The largest absolute Gasteiger partial charge is 0.341 e. The van der Waals surface area contributed by atoms with E-state index in [1.54, 1.807) is 18.5 Å². The summed E-state index contributed by atoms with van der Waals surface area (Å²) in [5.41, 5.74) is 8.29. The van der Waals surface area contributed by atoms with Gasteiger partial charge in [0.2, 0.25) is 5.95 Å². The van der Waals surface area contributed by atoms with E-state index in [0.717, 1.165) is 30.5 Å². The predicted octanol–water partition coefficient (Wildman–Crippen LogP) is 0.728. The molecule has 3 N–H and O–H groups in total. The minimum atomic E-state index is -0.428. The number of nitrogens with one attached hydrogen (secondary N) is 1. The Labute approximate surface area is 195 Å². The zero-order valence-electron chi connectivity index (χ0n) is 19.4. The molecular weight excluding hydrogens is 434 g/mol. The van der Waals surface area contributed by atoms with Crippen molar-refractivity contribution in [3.63, 3.8) is 0 Å². The van der Waals surface area contributed by atoms with Crippen molar-refractivity contribution < 1.29 is 0 Å². The van der Waals surface area contributed by atoms with Crippen molar-refractivity contribution in [2.45, 2.75) is 45.3 Å². The average molecular weight is 462 g/mol. The Morgan fingerprint density at radius 3 is 2.88 bits per heavy atom. The lowest BCUT2D eigenvalue weighted by Crippen LogP contribution is -2.44. The molecule has 11 nitrogen and oxygen atoms in total. The first-order chi connectivity index (χ1) is 16.4. The van der Waals surface area contributed by atoms with Crippen molar-refractivity contribution in [3.8, 4) is 11.8 Å². The molecule has 1 aromatic carbocycles. The molecule has 0 amide bonds. The van der Waals surface area contributed by atoms with Crippen molar-refractivity contribution in [2.75, 3.05) is 18.0 Å². The number of nitrogens with zero attached hydrogens (tertiary/aromatic N) is 7. The third-order valence-electron chi connectivity index (χ3n) is 6.53. The molecule has 5 rings (SSSR count). The van der Waals surface area contributed by atoms with E-state index in [2.05, 4.69) is 37.1 Å². The number of imidazole rings is 1. The van der Waals surface area contributed by atoms with Crippen LogP contribution in [-0.2, 0) is 13.6 Å². The summed E-state index contributed by atoms with van der Waals surface area (Å²) in [5.74, 6) is 6.48. The van der Waals surface area contributed by atoms with Gasteiger partial charge >= 0.3 is 0 Å². The van der Waals surface area contributed by atoms with E-state index in [-0.39, 0.29) is 34.7 Å². The summed E-state index contributed by atoms with van der Waals surface area (Å²) >= 11 is 0. The van der Waals surface area contributed by atoms with Crippen LogP contribution in [-0.4, -0.2) is 53.5 Å². The van der Waals surface area contributed by atoms with E-state index in [0.29, 0.717) is 18.0 Å². The summed E-state index contributed by atoms with van der Waals surface area (Å²) in [6.07, 6.45) is 1.86. The van der Waals surface area contributed by atoms with Gasteiger partial charge in [-0.05, 0) is 44.4 Å². The van der Waals surface area contributed by atoms with Gasteiger partial charge in [-0.25, -0.2) is 14.3 Å². The first-order valence-corrected chi connectivity index (χ1v) is 11.3. The van der Waals surface area contributed by atoms with Crippen LogP contribution in [0.4, 0.5) is 5.95 Å². The van der Waals surface area contributed by atoms with E-state index in [1.165, 1.54) is 9.36 Å². The fourth-order valence-electron chi connectivity index (χ4n) is 4.74. The highest BCUT2D eigenvalue weighted by Gasteiger charge is 2.27. The van der Waals surface area contributed by atoms with Gasteiger partial charge in [-0.2, -0.15) is 0 Å². The maximum absolute atomic E-state index is 13.9. The molecule has 176 valence electrons. The maximum Gasteiger partial charge on any atom is 0.293 e. The van der Waals surface area contributed by atoms with Gasteiger partial charge in [0.15, 0.2) is 5.52 Å². The Morgan fingerprint density at radius 2 is 2.12 bits per heavy atom. The van der Waals surface area contributed by atoms with Gasteiger partial charge in [0.1, 0.15) is 11.0 Å². The topological polar surface area (TPSA) is 133 Å². The van der Waals surface area contributed by atoms with Crippen molar-refractivity contribution in [2.24, 2.45) is 12.8 Å². The van der Waals surface area contributed by atoms with Crippen LogP contribution >= 0.6 is 0 Å².